The number of benzene rings is 3. The summed E-state index contributed by atoms with van der Waals surface area (Å²) in [6, 6.07) is 20.5. The number of ether oxygens (including phenoxy) is 1. The maximum atomic E-state index is 13.2. The second kappa shape index (κ2) is 9.64. The largest absolute Gasteiger partial charge is 0.492 e. The Bertz CT molecular complexity index is 1230. The summed E-state index contributed by atoms with van der Waals surface area (Å²) in [4.78, 5) is 37.6. The number of carboxylic acid groups (broad SMARTS) is 1. The van der Waals surface area contributed by atoms with Crippen LogP contribution in [0.3, 0.4) is 0 Å². The van der Waals surface area contributed by atoms with Gasteiger partial charge in [-0.3, -0.25) is 14.4 Å². The fourth-order valence-corrected chi connectivity index (χ4v) is 4.71. The summed E-state index contributed by atoms with van der Waals surface area (Å²) in [6.07, 6.45) is 1.21. The molecule has 34 heavy (non-hydrogen) atoms. The molecule has 1 N–H and O–H groups in total. The zero-order valence-corrected chi connectivity index (χ0v) is 19.5. The standard InChI is InChI=1S/C29H28O5/c1-19-6-5-7-21(14-19)12-13-34-27-15-22(10-11-25(27)20(2)30)26(31)18-29(28(32)33)16-23-8-3-4-9-24(23)17-29/h3-11,14-15H,12-13,16-18H2,1-2H3,(H,32,33). The summed E-state index contributed by atoms with van der Waals surface area (Å²) in [5.74, 6) is -1.04. The summed E-state index contributed by atoms with van der Waals surface area (Å²) in [7, 11) is 0. The maximum absolute atomic E-state index is 13.2. The molecule has 0 radical (unpaired) electrons. The van der Waals surface area contributed by atoms with Gasteiger partial charge in [0, 0.05) is 18.4 Å². The van der Waals surface area contributed by atoms with E-state index in [1.54, 1.807) is 18.2 Å². The molecule has 0 amide bonds. The molecule has 3 aromatic carbocycles. The van der Waals surface area contributed by atoms with Crippen LogP contribution in [0.25, 0.3) is 0 Å². The van der Waals surface area contributed by atoms with Crippen molar-refractivity contribution in [3.8, 4) is 5.75 Å². The lowest BCUT2D eigenvalue weighted by Crippen LogP contribution is -2.34. The van der Waals surface area contributed by atoms with E-state index in [9.17, 15) is 19.5 Å². The van der Waals surface area contributed by atoms with Crippen molar-refractivity contribution in [3.05, 3.63) is 100 Å². The number of Topliss-reactive ketones (excluding diaryl/α,β-unsaturated/α-hetero) is 2. The van der Waals surface area contributed by atoms with E-state index in [1.807, 2.05) is 49.4 Å². The normalized spacial score (nSPS) is 13.8. The van der Waals surface area contributed by atoms with Crippen LogP contribution in [0.5, 0.6) is 5.75 Å². The number of fused-ring (bicyclic) bond motifs is 1. The zero-order valence-electron chi connectivity index (χ0n) is 19.5. The molecule has 3 aromatic rings. The number of carboxylic acids is 1. The van der Waals surface area contributed by atoms with Crippen LogP contribution in [0.1, 0.15) is 56.3 Å². The molecule has 1 aliphatic rings. The molecule has 0 atom stereocenters. The van der Waals surface area contributed by atoms with Gasteiger partial charge in [0.25, 0.3) is 0 Å². The van der Waals surface area contributed by atoms with Crippen LogP contribution in [-0.4, -0.2) is 29.2 Å². The Balaban J connectivity index is 1.52. The number of rotatable bonds is 9. The smallest absolute Gasteiger partial charge is 0.310 e. The number of carbonyl (C=O) groups excluding carboxylic acids is 2. The average molecular weight is 457 g/mol. The van der Waals surface area contributed by atoms with Crippen molar-refractivity contribution >= 4 is 17.5 Å². The van der Waals surface area contributed by atoms with E-state index in [0.717, 1.165) is 22.3 Å². The van der Waals surface area contributed by atoms with E-state index in [1.165, 1.54) is 6.92 Å². The summed E-state index contributed by atoms with van der Waals surface area (Å²) in [6.45, 7) is 3.84. The van der Waals surface area contributed by atoms with E-state index >= 15 is 0 Å². The second-order valence-corrected chi connectivity index (χ2v) is 9.16. The molecule has 1 aliphatic carbocycles. The fourth-order valence-electron chi connectivity index (χ4n) is 4.71. The molecule has 174 valence electrons. The molecule has 0 aromatic heterocycles. The molecule has 0 saturated carbocycles. The van der Waals surface area contributed by atoms with Gasteiger partial charge < -0.3 is 9.84 Å². The molecule has 5 heteroatoms. The van der Waals surface area contributed by atoms with E-state index in [0.29, 0.717) is 42.7 Å². The number of aryl methyl sites for hydroxylation is 1. The van der Waals surface area contributed by atoms with Crippen molar-refractivity contribution in [1.29, 1.82) is 0 Å². The predicted octanol–water partition coefficient (Wildman–Crippen LogP) is 5.26. The minimum Gasteiger partial charge on any atom is -0.492 e. The summed E-state index contributed by atoms with van der Waals surface area (Å²) in [5.41, 5.74) is 3.84. The molecular formula is C29H28O5. The highest BCUT2D eigenvalue weighted by molar-refractivity contribution is 6.02. The Morgan fingerprint density at radius 3 is 2.26 bits per heavy atom. The van der Waals surface area contributed by atoms with Crippen molar-refractivity contribution in [1.82, 2.24) is 0 Å². The van der Waals surface area contributed by atoms with Crippen molar-refractivity contribution < 1.29 is 24.2 Å². The van der Waals surface area contributed by atoms with E-state index in [4.69, 9.17) is 4.74 Å². The molecule has 4 rings (SSSR count). The molecular weight excluding hydrogens is 428 g/mol. The number of hydrogen-bond acceptors (Lipinski definition) is 4. The first-order valence-corrected chi connectivity index (χ1v) is 11.4. The molecule has 0 heterocycles. The topological polar surface area (TPSA) is 80.7 Å². The van der Waals surface area contributed by atoms with Crippen LogP contribution in [0.2, 0.25) is 0 Å². The number of aliphatic carboxylic acids is 1. The van der Waals surface area contributed by atoms with Crippen LogP contribution >= 0.6 is 0 Å². The Labute approximate surface area is 199 Å². The molecule has 0 bridgehead atoms. The Kier molecular flexibility index (Phi) is 6.64. The van der Waals surface area contributed by atoms with Crippen LogP contribution < -0.4 is 4.74 Å². The SMILES string of the molecule is CC(=O)c1ccc(C(=O)CC2(C(=O)O)Cc3ccccc3C2)cc1OCCc1cccc(C)c1. The molecule has 0 fully saturated rings. The monoisotopic (exact) mass is 456 g/mol. The number of carbonyl (C=O) groups is 3. The molecule has 0 saturated heterocycles. The Morgan fingerprint density at radius 2 is 1.65 bits per heavy atom. The van der Waals surface area contributed by atoms with E-state index in [2.05, 4.69) is 6.07 Å². The maximum Gasteiger partial charge on any atom is 0.310 e. The van der Waals surface area contributed by atoms with Gasteiger partial charge in [0.2, 0.25) is 0 Å². The zero-order chi connectivity index (χ0) is 24.3. The summed E-state index contributed by atoms with van der Waals surface area (Å²) < 4.78 is 5.94. The Hall–Kier alpha value is -3.73. The van der Waals surface area contributed by atoms with Crippen LogP contribution in [0.15, 0.2) is 66.7 Å². The van der Waals surface area contributed by atoms with Gasteiger partial charge in [0.15, 0.2) is 11.6 Å². The van der Waals surface area contributed by atoms with Crippen molar-refractivity contribution in [2.24, 2.45) is 5.41 Å². The number of ketones is 2. The lowest BCUT2D eigenvalue weighted by molar-refractivity contribution is -0.148. The molecule has 0 unspecified atom stereocenters. The van der Waals surface area contributed by atoms with E-state index in [-0.39, 0.29) is 18.0 Å². The number of hydrogen-bond donors (Lipinski definition) is 1. The predicted molar refractivity (Wildman–Crippen MR) is 130 cm³/mol. The molecule has 0 spiro atoms. The average Bonchev–Trinajstić information content (AvgIpc) is 3.18. The van der Waals surface area contributed by atoms with Gasteiger partial charge in [-0.25, -0.2) is 0 Å². The van der Waals surface area contributed by atoms with Gasteiger partial charge in [-0.2, -0.15) is 0 Å². The van der Waals surface area contributed by atoms with Gasteiger partial charge in [0.05, 0.1) is 17.6 Å². The van der Waals surface area contributed by atoms with Gasteiger partial charge >= 0.3 is 5.97 Å². The van der Waals surface area contributed by atoms with Crippen LogP contribution in [0, 0.1) is 12.3 Å². The minimum atomic E-state index is -1.16. The highest BCUT2D eigenvalue weighted by atomic mass is 16.5. The van der Waals surface area contributed by atoms with Crippen LogP contribution in [-0.2, 0) is 24.1 Å². The van der Waals surface area contributed by atoms with Gasteiger partial charge in [0.1, 0.15) is 5.75 Å². The minimum absolute atomic E-state index is 0.112. The fraction of sp³-hybridized carbons (Fsp3) is 0.276. The molecule has 5 nitrogen and oxygen atoms in total. The third-order valence-corrected chi connectivity index (χ3v) is 6.54. The summed E-state index contributed by atoms with van der Waals surface area (Å²) >= 11 is 0. The third kappa shape index (κ3) is 4.93. The van der Waals surface area contributed by atoms with Crippen molar-refractivity contribution in [2.45, 2.75) is 39.5 Å². The third-order valence-electron chi connectivity index (χ3n) is 6.54. The molecule has 0 aliphatic heterocycles. The highest BCUT2D eigenvalue weighted by Crippen LogP contribution is 2.41. The lowest BCUT2D eigenvalue weighted by Gasteiger charge is -2.23. The van der Waals surface area contributed by atoms with Gasteiger partial charge in [-0.15, -0.1) is 0 Å². The van der Waals surface area contributed by atoms with Gasteiger partial charge in [-0.05, 0) is 55.5 Å². The first-order valence-electron chi connectivity index (χ1n) is 11.4. The van der Waals surface area contributed by atoms with Crippen molar-refractivity contribution in [2.75, 3.05) is 6.61 Å². The Morgan fingerprint density at radius 1 is 0.941 bits per heavy atom. The highest BCUT2D eigenvalue weighted by Gasteiger charge is 2.45. The summed E-state index contributed by atoms with van der Waals surface area (Å²) in [5, 5.41) is 10.0. The van der Waals surface area contributed by atoms with Gasteiger partial charge in [-0.1, -0.05) is 60.2 Å². The lowest BCUT2D eigenvalue weighted by atomic mass is 9.78. The van der Waals surface area contributed by atoms with E-state index < -0.39 is 11.4 Å². The van der Waals surface area contributed by atoms with Crippen molar-refractivity contribution in [3.63, 3.8) is 0 Å². The first-order chi connectivity index (χ1) is 16.3. The first kappa shape index (κ1) is 23.4. The second-order valence-electron chi connectivity index (χ2n) is 9.16. The quantitative estimate of drug-likeness (QED) is 0.444. The van der Waals surface area contributed by atoms with Crippen LogP contribution in [0.4, 0.5) is 0 Å².